The largest absolute Gasteiger partial charge is 0.354 e. The third kappa shape index (κ3) is 5.03. The molecule has 0 spiro atoms. The van der Waals surface area contributed by atoms with Crippen LogP contribution in [-0.4, -0.2) is 61.5 Å². The average molecular weight is 373 g/mol. The van der Waals surface area contributed by atoms with Gasteiger partial charge in [0.1, 0.15) is 5.82 Å². The van der Waals surface area contributed by atoms with E-state index in [1.54, 1.807) is 17.6 Å². The van der Waals surface area contributed by atoms with Crippen molar-refractivity contribution in [1.29, 1.82) is 0 Å². The number of nitrogens with one attached hydrogen (secondary N) is 2. The number of carbonyl (C=O) groups is 2. The zero-order chi connectivity index (χ0) is 18.4. The maximum Gasteiger partial charge on any atom is 0.252 e. The highest BCUT2D eigenvalue weighted by molar-refractivity contribution is 7.08. The molecule has 2 aromatic heterocycles. The van der Waals surface area contributed by atoms with Crippen molar-refractivity contribution in [3.8, 4) is 0 Å². The molecule has 0 aromatic carbocycles. The first-order valence-electron chi connectivity index (χ1n) is 8.61. The molecule has 0 bridgehead atoms. The Balaban J connectivity index is 1.42. The van der Waals surface area contributed by atoms with Crippen molar-refractivity contribution in [2.75, 3.05) is 50.0 Å². The van der Waals surface area contributed by atoms with Gasteiger partial charge in [-0.2, -0.15) is 11.3 Å². The van der Waals surface area contributed by atoms with Gasteiger partial charge in [0.15, 0.2) is 0 Å². The van der Waals surface area contributed by atoms with Crippen molar-refractivity contribution in [3.63, 3.8) is 0 Å². The molecular formula is C18H23N5O2S. The molecule has 0 aliphatic carbocycles. The molecule has 0 saturated carbocycles. The van der Waals surface area contributed by atoms with E-state index in [0.29, 0.717) is 17.8 Å². The molecule has 3 rings (SSSR count). The van der Waals surface area contributed by atoms with Crippen molar-refractivity contribution in [2.45, 2.75) is 6.42 Å². The lowest BCUT2D eigenvalue weighted by Crippen LogP contribution is -2.44. The molecule has 0 atom stereocenters. The van der Waals surface area contributed by atoms with Crippen LogP contribution in [-0.2, 0) is 4.79 Å². The van der Waals surface area contributed by atoms with E-state index in [0.717, 1.165) is 32.0 Å². The standard InChI is InChI=1S/C18H23N5O2S/c1-22-7-9-23(10-8-22)16-3-2-15(12-20-16)21-17(24)4-6-19-18(25)14-5-11-26-13-14/h2-3,5,11-13H,4,6-10H2,1H3,(H,19,25)(H,21,24). The third-order valence-corrected chi connectivity index (χ3v) is 4.96. The van der Waals surface area contributed by atoms with Gasteiger partial charge in [0.25, 0.3) is 5.91 Å². The molecule has 3 heterocycles. The Labute approximate surface area is 157 Å². The normalized spacial score (nSPS) is 14.9. The zero-order valence-electron chi connectivity index (χ0n) is 14.8. The number of pyridine rings is 1. The molecule has 7 nitrogen and oxygen atoms in total. The summed E-state index contributed by atoms with van der Waals surface area (Å²) in [6, 6.07) is 5.55. The van der Waals surface area contributed by atoms with E-state index in [4.69, 9.17) is 0 Å². The molecule has 8 heteroatoms. The number of hydrogen-bond acceptors (Lipinski definition) is 6. The summed E-state index contributed by atoms with van der Waals surface area (Å²) in [5, 5.41) is 9.18. The van der Waals surface area contributed by atoms with Crippen LogP contribution in [0.4, 0.5) is 11.5 Å². The number of aromatic nitrogens is 1. The summed E-state index contributed by atoms with van der Waals surface area (Å²) < 4.78 is 0. The first-order chi connectivity index (χ1) is 12.6. The SMILES string of the molecule is CN1CCN(c2ccc(NC(=O)CCNC(=O)c3ccsc3)cn2)CC1. The van der Waals surface area contributed by atoms with Gasteiger partial charge in [0.2, 0.25) is 5.91 Å². The minimum atomic E-state index is -0.155. The van der Waals surface area contributed by atoms with Crippen LogP contribution in [0.25, 0.3) is 0 Å². The fraction of sp³-hybridized carbons (Fsp3) is 0.389. The van der Waals surface area contributed by atoms with Gasteiger partial charge in [-0.3, -0.25) is 9.59 Å². The predicted molar refractivity (Wildman–Crippen MR) is 104 cm³/mol. The summed E-state index contributed by atoms with van der Waals surface area (Å²) in [4.78, 5) is 32.8. The number of anilines is 2. The van der Waals surface area contributed by atoms with Gasteiger partial charge in [0, 0.05) is 50.1 Å². The van der Waals surface area contributed by atoms with Crippen LogP contribution in [0, 0.1) is 0 Å². The number of rotatable bonds is 6. The summed E-state index contributed by atoms with van der Waals surface area (Å²) >= 11 is 1.47. The van der Waals surface area contributed by atoms with E-state index in [1.165, 1.54) is 11.3 Å². The smallest absolute Gasteiger partial charge is 0.252 e. The van der Waals surface area contributed by atoms with Crippen molar-refractivity contribution in [3.05, 3.63) is 40.7 Å². The van der Waals surface area contributed by atoms with Crippen molar-refractivity contribution >= 4 is 34.7 Å². The van der Waals surface area contributed by atoms with E-state index in [9.17, 15) is 9.59 Å². The van der Waals surface area contributed by atoms with Crippen LogP contribution in [0.3, 0.4) is 0 Å². The number of nitrogens with zero attached hydrogens (tertiary/aromatic N) is 3. The number of amides is 2. The first-order valence-corrected chi connectivity index (χ1v) is 9.56. The van der Waals surface area contributed by atoms with E-state index < -0.39 is 0 Å². The lowest BCUT2D eigenvalue weighted by molar-refractivity contribution is -0.116. The third-order valence-electron chi connectivity index (χ3n) is 4.28. The second-order valence-corrected chi connectivity index (χ2v) is 7.04. The van der Waals surface area contributed by atoms with Gasteiger partial charge in [-0.1, -0.05) is 0 Å². The van der Waals surface area contributed by atoms with Crippen molar-refractivity contribution < 1.29 is 9.59 Å². The molecule has 1 fully saturated rings. The second-order valence-electron chi connectivity index (χ2n) is 6.26. The fourth-order valence-electron chi connectivity index (χ4n) is 2.69. The lowest BCUT2D eigenvalue weighted by atomic mass is 10.3. The summed E-state index contributed by atoms with van der Waals surface area (Å²) in [5.41, 5.74) is 1.29. The number of likely N-dealkylation sites (N-methyl/N-ethyl adjacent to an activating group) is 1. The quantitative estimate of drug-likeness (QED) is 0.805. The highest BCUT2D eigenvalue weighted by Crippen LogP contribution is 2.16. The Morgan fingerprint density at radius 2 is 2.00 bits per heavy atom. The monoisotopic (exact) mass is 373 g/mol. The highest BCUT2D eigenvalue weighted by atomic mass is 32.1. The first kappa shape index (κ1) is 18.3. The molecule has 0 radical (unpaired) electrons. The zero-order valence-corrected chi connectivity index (χ0v) is 15.6. The molecule has 26 heavy (non-hydrogen) atoms. The van der Waals surface area contributed by atoms with Gasteiger partial charge in [-0.15, -0.1) is 0 Å². The van der Waals surface area contributed by atoms with Crippen molar-refractivity contribution in [1.82, 2.24) is 15.2 Å². The van der Waals surface area contributed by atoms with Gasteiger partial charge >= 0.3 is 0 Å². The summed E-state index contributed by atoms with van der Waals surface area (Å²) in [7, 11) is 2.12. The van der Waals surface area contributed by atoms with E-state index in [2.05, 4.69) is 32.5 Å². The lowest BCUT2D eigenvalue weighted by Gasteiger charge is -2.33. The Kier molecular flexibility index (Phi) is 6.19. The van der Waals surface area contributed by atoms with Gasteiger partial charge in [-0.05, 0) is 30.6 Å². The van der Waals surface area contributed by atoms with Crippen LogP contribution in [0.2, 0.25) is 0 Å². The van der Waals surface area contributed by atoms with Crippen LogP contribution in [0.5, 0.6) is 0 Å². The molecule has 1 aliphatic rings. The molecular weight excluding hydrogens is 350 g/mol. The number of carbonyl (C=O) groups excluding carboxylic acids is 2. The van der Waals surface area contributed by atoms with E-state index in [1.807, 2.05) is 17.5 Å². The second kappa shape index (κ2) is 8.77. The van der Waals surface area contributed by atoms with Crippen LogP contribution in [0.1, 0.15) is 16.8 Å². The maximum absolute atomic E-state index is 12.0. The van der Waals surface area contributed by atoms with Gasteiger partial charge < -0.3 is 20.4 Å². The van der Waals surface area contributed by atoms with Crippen LogP contribution < -0.4 is 15.5 Å². The Bertz CT molecular complexity index is 725. The Morgan fingerprint density at radius 3 is 2.65 bits per heavy atom. The number of thiophene rings is 1. The molecule has 0 unspecified atom stereocenters. The molecule has 1 aliphatic heterocycles. The van der Waals surface area contributed by atoms with Gasteiger partial charge in [0.05, 0.1) is 11.9 Å². The predicted octanol–water partition coefficient (Wildman–Crippen LogP) is 1.65. The van der Waals surface area contributed by atoms with Crippen molar-refractivity contribution in [2.24, 2.45) is 0 Å². The van der Waals surface area contributed by atoms with Gasteiger partial charge in [-0.25, -0.2) is 4.98 Å². The average Bonchev–Trinajstić information content (AvgIpc) is 3.18. The minimum Gasteiger partial charge on any atom is -0.354 e. The molecule has 2 N–H and O–H groups in total. The van der Waals surface area contributed by atoms with E-state index >= 15 is 0 Å². The molecule has 2 amide bonds. The highest BCUT2D eigenvalue weighted by Gasteiger charge is 2.15. The number of hydrogen-bond donors (Lipinski definition) is 2. The molecule has 1 saturated heterocycles. The summed E-state index contributed by atoms with van der Waals surface area (Å²) in [5.74, 6) is 0.626. The van der Waals surface area contributed by atoms with E-state index in [-0.39, 0.29) is 18.2 Å². The minimum absolute atomic E-state index is 0.148. The fourth-order valence-corrected chi connectivity index (χ4v) is 3.33. The Morgan fingerprint density at radius 1 is 1.19 bits per heavy atom. The molecule has 138 valence electrons. The Hall–Kier alpha value is -2.45. The topological polar surface area (TPSA) is 77.6 Å². The van der Waals surface area contributed by atoms with Crippen LogP contribution >= 0.6 is 11.3 Å². The van der Waals surface area contributed by atoms with Crippen LogP contribution in [0.15, 0.2) is 35.2 Å². The molecule has 2 aromatic rings. The summed E-state index contributed by atoms with van der Waals surface area (Å²) in [6.07, 6.45) is 1.89. The number of piperazine rings is 1. The maximum atomic E-state index is 12.0. The summed E-state index contributed by atoms with van der Waals surface area (Å²) in [6.45, 7) is 4.26.